The number of nitrogens with zero attached hydrogens (tertiary/aromatic N) is 1. The van der Waals surface area contributed by atoms with Gasteiger partial charge in [0.15, 0.2) is 11.6 Å². The van der Waals surface area contributed by atoms with Crippen LogP contribution in [0.3, 0.4) is 0 Å². The average Bonchev–Trinajstić information content (AvgIpc) is 2.92. The molecule has 0 unspecified atom stereocenters. The lowest BCUT2D eigenvalue weighted by Gasteiger charge is -2.32. The lowest BCUT2D eigenvalue weighted by Crippen LogP contribution is -2.41. The zero-order valence-corrected chi connectivity index (χ0v) is 14.4. The van der Waals surface area contributed by atoms with Crippen molar-refractivity contribution in [3.05, 3.63) is 11.8 Å². The molecule has 0 saturated carbocycles. The SMILES string of the molecule is CC1(C)OB(C(=O)Nc2cc(C(C)(C)C(F)(F)F)on2)OC1(C)C. The van der Waals surface area contributed by atoms with E-state index in [-0.39, 0.29) is 5.82 Å². The molecule has 1 aromatic heterocycles. The van der Waals surface area contributed by atoms with Gasteiger partial charge in [0.1, 0.15) is 5.41 Å². The summed E-state index contributed by atoms with van der Waals surface area (Å²) >= 11 is 0. The van der Waals surface area contributed by atoms with Gasteiger partial charge in [-0.15, -0.1) is 0 Å². The molecule has 0 spiro atoms. The highest BCUT2D eigenvalue weighted by Crippen LogP contribution is 2.41. The summed E-state index contributed by atoms with van der Waals surface area (Å²) in [6.45, 7) is 9.04. The fourth-order valence-electron chi connectivity index (χ4n) is 1.90. The fourth-order valence-corrected chi connectivity index (χ4v) is 1.90. The maximum Gasteiger partial charge on any atom is 0.558 e. The second-order valence-electron chi connectivity index (χ2n) is 7.28. The van der Waals surface area contributed by atoms with Crippen molar-refractivity contribution in [2.24, 2.45) is 0 Å². The molecule has 2 rings (SSSR count). The molecule has 1 saturated heterocycles. The molecule has 0 bridgehead atoms. The second-order valence-corrected chi connectivity index (χ2v) is 7.28. The van der Waals surface area contributed by atoms with Crippen LogP contribution in [-0.4, -0.2) is 35.5 Å². The predicted molar refractivity (Wildman–Crippen MR) is 80.7 cm³/mol. The Morgan fingerprint density at radius 1 is 1.17 bits per heavy atom. The van der Waals surface area contributed by atoms with Gasteiger partial charge in [0.25, 0.3) is 5.81 Å². The minimum Gasteiger partial charge on any atom is -0.396 e. The third-order valence-corrected chi connectivity index (χ3v) is 4.55. The molecule has 2 heterocycles. The minimum absolute atomic E-state index is 0.137. The Bertz CT molecular complexity index is 624. The summed E-state index contributed by atoms with van der Waals surface area (Å²) in [7, 11) is -1.19. The first-order valence-electron chi connectivity index (χ1n) is 7.38. The zero-order valence-electron chi connectivity index (χ0n) is 14.4. The Kier molecular flexibility index (Phi) is 4.29. The summed E-state index contributed by atoms with van der Waals surface area (Å²) in [5.74, 6) is -1.21. The number of halogens is 3. The first-order chi connectivity index (χ1) is 10.7. The van der Waals surface area contributed by atoms with Gasteiger partial charge < -0.3 is 19.1 Å². The van der Waals surface area contributed by atoms with Gasteiger partial charge in [0, 0.05) is 6.07 Å². The van der Waals surface area contributed by atoms with E-state index in [9.17, 15) is 18.0 Å². The van der Waals surface area contributed by atoms with Crippen molar-refractivity contribution < 1.29 is 31.8 Å². The standard InChI is InChI=1S/C14H20BF3N2O4/c1-11(2,14(16,17)18)8-7-9(20-22-8)19-10(21)15-23-12(3,4)13(5,6)24-15/h7H,1-6H3,(H,19,20,21). The van der Waals surface area contributed by atoms with E-state index in [0.29, 0.717) is 0 Å². The molecule has 0 aliphatic carbocycles. The predicted octanol–water partition coefficient (Wildman–Crippen LogP) is 3.72. The molecular formula is C14H20BF3N2O4. The summed E-state index contributed by atoms with van der Waals surface area (Å²) in [5, 5.41) is 5.80. The minimum atomic E-state index is -4.51. The molecule has 24 heavy (non-hydrogen) atoms. The van der Waals surface area contributed by atoms with Crippen LogP contribution in [-0.2, 0) is 14.7 Å². The van der Waals surface area contributed by atoms with E-state index in [1.54, 1.807) is 27.7 Å². The average molecular weight is 348 g/mol. The Balaban J connectivity index is 2.10. The lowest BCUT2D eigenvalue weighted by molar-refractivity contribution is -0.185. The van der Waals surface area contributed by atoms with Crippen LogP contribution in [0.25, 0.3) is 0 Å². The first kappa shape index (κ1) is 18.8. The molecule has 1 aromatic rings. The molecule has 1 N–H and O–H groups in total. The number of rotatable bonds is 3. The van der Waals surface area contributed by atoms with E-state index in [4.69, 9.17) is 13.8 Å². The van der Waals surface area contributed by atoms with Crippen molar-refractivity contribution in [3.8, 4) is 0 Å². The number of carbonyl (C=O) groups is 1. The molecule has 0 radical (unpaired) electrons. The summed E-state index contributed by atoms with van der Waals surface area (Å²) in [4.78, 5) is 12.2. The molecular weight excluding hydrogens is 328 g/mol. The van der Waals surface area contributed by atoms with Crippen molar-refractivity contribution >= 4 is 18.7 Å². The number of amides is 1. The lowest BCUT2D eigenvalue weighted by atomic mass is 9.88. The van der Waals surface area contributed by atoms with Crippen molar-refractivity contribution in [3.63, 3.8) is 0 Å². The van der Waals surface area contributed by atoms with Gasteiger partial charge in [-0.1, -0.05) is 5.16 Å². The van der Waals surface area contributed by atoms with Crippen LogP contribution in [0.5, 0.6) is 0 Å². The van der Waals surface area contributed by atoms with E-state index in [2.05, 4.69) is 10.5 Å². The largest absolute Gasteiger partial charge is 0.558 e. The summed E-state index contributed by atoms with van der Waals surface area (Å²) in [6, 6.07) is 1.04. The van der Waals surface area contributed by atoms with Crippen LogP contribution in [0.1, 0.15) is 47.3 Å². The van der Waals surface area contributed by atoms with E-state index in [1.165, 1.54) is 0 Å². The molecule has 1 fully saturated rings. The number of anilines is 1. The fraction of sp³-hybridized carbons (Fsp3) is 0.714. The highest BCUT2D eigenvalue weighted by molar-refractivity contribution is 6.82. The molecule has 10 heteroatoms. The number of aromatic nitrogens is 1. The molecule has 6 nitrogen and oxygen atoms in total. The number of hydrogen-bond acceptors (Lipinski definition) is 5. The molecule has 1 aliphatic heterocycles. The van der Waals surface area contributed by atoms with Gasteiger partial charge in [0.2, 0.25) is 0 Å². The van der Waals surface area contributed by atoms with Gasteiger partial charge >= 0.3 is 13.3 Å². The van der Waals surface area contributed by atoms with Crippen molar-refractivity contribution in [2.75, 3.05) is 5.32 Å². The Labute approximate surface area is 138 Å². The Morgan fingerprint density at radius 2 is 1.67 bits per heavy atom. The van der Waals surface area contributed by atoms with Gasteiger partial charge in [0.05, 0.1) is 11.2 Å². The number of alkyl halides is 3. The van der Waals surface area contributed by atoms with E-state index >= 15 is 0 Å². The number of nitrogens with one attached hydrogen (secondary N) is 1. The highest BCUT2D eigenvalue weighted by atomic mass is 19.4. The maximum atomic E-state index is 13.0. The van der Waals surface area contributed by atoms with Crippen LogP contribution in [0, 0.1) is 0 Å². The number of hydrogen-bond donors (Lipinski definition) is 1. The van der Waals surface area contributed by atoms with Crippen LogP contribution in [0.2, 0.25) is 0 Å². The molecule has 0 atom stereocenters. The Morgan fingerprint density at radius 3 is 2.12 bits per heavy atom. The van der Waals surface area contributed by atoms with Crippen molar-refractivity contribution in [1.29, 1.82) is 0 Å². The topological polar surface area (TPSA) is 73.6 Å². The van der Waals surface area contributed by atoms with Crippen LogP contribution in [0.4, 0.5) is 23.8 Å². The molecule has 0 aromatic carbocycles. The zero-order chi connectivity index (χ0) is 18.6. The van der Waals surface area contributed by atoms with Crippen LogP contribution < -0.4 is 5.32 Å². The third-order valence-electron chi connectivity index (χ3n) is 4.55. The van der Waals surface area contributed by atoms with Gasteiger partial charge in [-0.3, -0.25) is 4.79 Å². The highest BCUT2D eigenvalue weighted by Gasteiger charge is 2.55. The van der Waals surface area contributed by atoms with Crippen molar-refractivity contribution in [2.45, 2.75) is 64.3 Å². The third kappa shape index (κ3) is 3.17. The van der Waals surface area contributed by atoms with E-state index in [0.717, 1.165) is 19.9 Å². The van der Waals surface area contributed by atoms with Crippen molar-refractivity contribution in [1.82, 2.24) is 5.16 Å². The second kappa shape index (κ2) is 5.49. The van der Waals surface area contributed by atoms with Crippen LogP contribution >= 0.6 is 0 Å². The smallest absolute Gasteiger partial charge is 0.396 e. The quantitative estimate of drug-likeness (QED) is 0.843. The summed E-state index contributed by atoms with van der Waals surface area (Å²) in [5.41, 5.74) is -3.64. The number of carbonyl (C=O) groups excluding carboxylic acids is 1. The van der Waals surface area contributed by atoms with E-state index < -0.39 is 41.5 Å². The van der Waals surface area contributed by atoms with Gasteiger partial charge in [-0.2, -0.15) is 13.2 Å². The summed E-state index contributed by atoms with van der Waals surface area (Å²) in [6.07, 6.45) is -4.51. The summed E-state index contributed by atoms with van der Waals surface area (Å²) < 4.78 is 54.8. The molecule has 134 valence electrons. The molecule has 1 aliphatic rings. The normalized spacial score (nSPS) is 20.3. The van der Waals surface area contributed by atoms with Crippen LogP contribution in [0.15, 0.2) is 10.6 Å². The van der Waals surface area contributed by atoms with Gasteiger partial charge in [-0.25, -0.2) is 0 Å². The van der Waals surface area contributed by atoms with E-state index in [1.807, 2.05) is 0 Å². The first-order valence-corrected chi connectivity index (χ1v) is 7.38. The molecule has 1 amide bonds. The maximum absolute atomic E-state index is 13.0. The Hall–Kier alpha value is -1.55. The van der Waals surface area contributed by atoms with Gasteiger partial charge in [-0.05, 0) is 41.5 Å². The monoisotopic (exact) mass is 348 g/mol.